The fourth-order valence-electron chi connectivity index (χ4n) is 4.05. The molecular formula is C23H33N7. The molecule has 0 unspecified atom stereocenters. The largest absolute Gasteiger partial charge is 0.341 e. The van der Waals surface area contributed by atoms with Crippen molar-refractivity contribution in [2.75, 3.05) is 41.4 Å². The van der Waals surface area contributed by atoms with E-state index in [-0.39, 0.29) is 0 Å². The third-order valence-corrected chi connectivity index (χ3v) is 5.85. The Morgan fingerprint density at radius 3 is 1.73 bits per heavy atom. The van der Waals surface area contributed by atoms with Crippen molar-refractivity contribution < 1.29 is 0 Å². The lowest BCUT2D eigenvalue weighted by Crippen LogP contribution is -2.30. The zero-order valence-corrected chi connectivity index (χ0v) is 18.1. The van der Waals surface area contributed by atoms with Gasteiger partial charge in [0.25, 0.3) is 0 Å². The Hall–Kier alpha value is -2.70. The van der Waals surface area contributed by atoms with Crippen LogP contribution < -0.4 is 15.2 Å². The molecule has 2 saturated heterocycles. The molecule has 0 bridgehead atoms. The smallest absolute Gasteiger partial charge is 0.250 e. The number of benzene rings is 1. The van der Waals surface area contributed by atoms with Crippen LogP contribution in [0, 0.1) is 6.92 Å². The summed E-state index contributed by atoms with van der Waals surface area (Å²) < 4.78 is 0. The molecule has 4 rings (SSSR count). The summed E-state index contributed by atoms with van der Waals surface area (Å²) in [5.74, 6) is 2.07. The van der Waals surface area contributed by atoms with Gasteiger partial charge < -0.3 is 9.80 Å². The lowest BCUT2D eigenvalue weighted by Gasteiger charge is -2.24. The van der Waals surface area contributed by atoms with Gasteiger partial charge in [-0.3, -0.25) is 0 Å². The second kappa shape index (κ2) is 10.4. The Morgan fingerprint density at radius 1 is 0.733 bits per heavy atom. The number of hydrogen-bond acceptors (Lipinski definition) is 7. The summed E-state index contributed by atoms with van der Waals surface area (Å²) >= 11 is 0. The van der Waals surface area contributed by atoms with Crippen molar-refractivity contribution in [1.29, 1.82) is 0 Å². The first-order valence-electron chi connectivity index (χ1n) is 11.4. The first-order valence-corrected chi connectivity index (χ1v) is 11.4. The van der Waals surface area contributed by atoms with Gasteiger partial charge in [0.05, 0.1) is 6.21 Å². The molecule has 0 radical (unpaired) electrons. The highest BCUT2D eigenvalue weighted by Crippen LogP contribution is 2.22. The topological polar surface area (TPSA) is 69.5 Å². The normalized spacial score (nSPS) is 18.3. The van der Waals surface area contributed by atoms with E-state index in [4.69, 9.17) is 15.0 Å². The zero-order valence-electron chi connectivity index (χ0n) is 18.1. The number of rotatable bonds is 5. The highest BCUT2D eigenvalue weighted by molar-refractivity contribution is 5.80. The molecule has 0 amide bonds. The number of hydrazone groups is 1. The van der Waals surface area contributed by atoms with Crippen molar-refractivity contribution in [2.45, 2.75) is 58.3 Å². The number of aromatic nitrogens is 3. The van der Waals surface area contributed by atoms with E-state index in [1.807, 2.05) is 0 Å². The molecule has 2 aromatic rings. The zero-order chi connectivity index (χ0) is 20.6. The Bertz CT molecular complexity index is 780. The summed E-state index contributed by atoms with van der Waals surface area (Å²) in [5, 5.41) is 4.39. The molecule has 0 aliphatic carbocycles. The average molecular weight is 408 g/mol. The number of nitrogens with zero attached hydrogens (tertiary/aromatic N) is 6. The minimum absolute atomic E-state index is 0.520. The summed E-state index contributed by atoms with van der Waals surface area (Å²) in [6, 6.07) is 8.27. The summed E-state index contributed by atoms with van der Waals surface area (Å²) in [7, 11) is 0. The van der Waals surface area contributed by atoms with Crippen LogP contribution in [0.5, 0.6) is 0 Å². The maximum Gasteiger partial charge on any atom is 0.250 e. The van der Waals surface area contributed by atoms with Crippen molar-refractivity contribution in [1.82, 2.24) is 15.0 Å². The molecular weight excluding hydrogens is 374 g/mol. The number of aryl methyl sites for hydroxylation is 1. The van der Waals surface area contributed by atoms with Gasteiger partial charge in [-0.1, -0.05) is 55.5 Å². The van der Waals surface area contributed by atoms with E-state index in [0.29, 0.717) is 5.95 Å². The van der Waals surface area contributed by atoms with E-state index in [1.54, 1.807) is 6.21 Å². The van der Waals surface area contributed by atoms with Gasteiger partial charge in [-0.25, -0.2) is 5.43 Å². The molecule has 1 aromatic heterocycles. The molecule has 2 aliphatic heterocycles. The van der Waals surface area contributed by atoms with E-state index in [1.165, 1.54) is 56.9 Å². The van der Waals surface area contributed by atoms with E-state index in [0.717, 1.165) is 43.6 Å². The third-order valence-electron chi connectivity index (χ3n) is 5.85. The van der Waals surface area contributed by atoms with Crippen molar-refractivity contribution in [2.24, 2.45) is 5.10 Å². The minimum Gasteiger partial charge on any atom is -0.341 e. The van der Waals surface area contributed by atoms with E-state index in [2.05, 4.69) is 51.5 Å². The molecule has 0 atom stereocenters. The maximum absolute atomic E-state index is 4.88. The molecule has 7 heteroatoms. The van der Waals surface area contributed by atoms with Crippen molar-refractivity contribution in [3.63, 3.8) is 0 Å². The van der Waals surface area contributed by atoms with E-state index < -0.39 is 0 Å². The van der Waals surface area contributed by atoms with Crippen LogP contribution >= 0.6 is 0 Å². The van der Waals surface area contributed by atoms with Crippen molar-refractivity contribution >= 4 is 24.1 Å². The molecule has 0 saturated carbocycles. The Balaban J connectivity index is 1.56. The quantitative estimate of drug-likeness (QED) is 0.586. The highest BCUT2D eigenvalue weighted by Gasteiger charge is 2.19. The summed E-state index contributed by atoms with van der Waals surface area (Å²) in [4.78, 5) is 18.9. The van der Waals surface area contributed by atoms with Crippen LogP contribution in [0.25, 0.3) is 0 Å². The second-order valence-electron chi connectivity index (χ2n) is 8.34. The fraction of sp³-hybridized carbons (Fsp3) is 0.565. The SMILES string of the molecule is Cc1ccc(/C=N/Nc2nc(N3CCCCCC3)nc(N3CCCCCC3)n2)cc1. The Morgan fingerprint density at radius 2 is 1.23 bits per heavy atom. The van der Waals surface area contributed by atoms with E-state index in [9.17, 15) is 0 Å². The van der Waals surface area contributed by atoms with Crippen LogP contribution in [0.4, 0.5) is 17.8 Å². The van der Waals surface area contributed by atoms with Gasteiger partial charge in [0.15, 0.2) is 0 Å². The van der Waals surface area contributed by atoms with Crippen molar-refractivity contribution in [3.05, 3.63) is 35.4 Å². The van der Waals surface area contributed by atoms with Crippen molar-refractivity contribution in [3.8, 4) is 0 Å². The summed E-state index contributed by atoms with van der Waals surface area (Å²) in [6.07, 6.45) is 11.7. The second-order valence-corrected chi connectivity index (χ2v) is 8.34. The monoisotopic (exact) mass is 407 g/mol. The minimum atomic E-state index is 0.520. The third kappa shape index (κ3) is 5.68. The van der Waals surface area contributed by atoms with Crippen LogP contribution in [0.3, 0.4) is 0 Å². The predicted molar refractivity (Wildman–Crippen MR) is 124 cm³/mol. The van der Waals surface area contributed by atoms with Gasteiger partial charge in [-0.05, 0) is 38.2 Å². The Kier molecular flexibility index (Phi) is 7.11. The van der Waals surface area contributed by atoms with Gasteiger partial charge in [0.2, 0.25) is 17.8 Å². The molecule has 7 nitrogen and oxygen atoms in total. The van der Waals surface area contributed by atoms with Crippen LogP contribution in [0.2, 0.25) is 0 Å². The first-order chi connectivity index (χ1) is 14.8. The molecule has 1 aromatic carbocycles. The molecule has 2 fully saturated rings. The molecule has 1 N–H and O–H groups in total. The first kappa shape index (κ1) is 20.6. The maximum atomic E-state index is 4.88. The Labute approximate surface area is 179 Å². The van der Waals surface area contributed by atoms with Crippen LogP contribution in [0.15, 0.2) is 29.4 Å². The lowest BCUT2D eigenvalue weighted by atomic mass is 10.2. The molecule has 2 aliphatic rings. The highest BCUT2D eigenvalue weighted by atomic mass is 15.4. The number of hydrogen-bond donors (Lipinski definition) is 1. The average Bonchev–Trinajstić information content (AvgIpc) is 3.21. The molecule has 3 heterocycles. The number of anilines is 3. The lowest BCUT2D eigenvalue weighted by molar-refractivity contribution is 0.726. The van der Waals surface area contributed by atoms with Gasteiger partial charge in [-0.15, -0.1) is 0 Å². The van der Waals surface area contributed by atoms with Gasteiger partial charge in [-0.2, -0.15) is 20.1 Å². The predicted octanol–water partition coefficient (Wildman–Crippen LogP) is 4.39. The molecule has 160 valence electrons. The van der Waals surface area contributed by atoms with Crippen LogP contribution in [0.1, 0.15) is 62.5 Å². The van der Waals surface area contributed by atoms with Gasteiger partial charge >= 0.3 is 0 Å². The standard InChI is InChI=1S/C23H33N7/c1-19-10-12-20(13-11-19)18-24-28-21-25-22(29-14-6-2-3-7-15-29)27-23(26-21)30-16-8-4-5-9-17-30/h10-13,18H,2-9,14-17H2,1H3,(H,25,26,27,28)/b24-18+. The summed E-state index contributed by atoms with van der Waals surface area (Å²) in [5.41, 5.74) is 5.33. The number of nitrogens with one attached hydrogen (secondary N) is 1. The molecule has 30 heavy (non-hydrogen) atoms. The van der Waals surface area contributed by atoms with Crippen LogP contribution in [-0.4, -0.2) is 47.3 Å². The molecule has 0 spiro atoms. The van der Waals surface area contributed by atoms with Gasteiger partial charge in [0, 0.05) is 26.2 Å². The van der Waals surface area contributed by atoms with E-state index >= 15 is 0 Å². The summed E-state index contributed by atoms with van der Waals surface area (Å²) in [6.45, 7) is 6.12. The van der Waals surface area contributed by atoms with Gasteiger partial charge in [0.1, 0.15) is 0 Å². The fourth-order valence-corrected chi connectivity index (χ4v) is 4.05. The van der Waals surface area contributed by atoms with Crippen LogP contribution in [-0.2, 0) is 0 Å².